The number of thioether (sulfide) groups is 1. The van der Waals surface area contributed by atoms with Gasteiger partial charge in [0.15, 0.2) is 5.96 Å². The van der Waals surface area contributed by atoms with E-state index < -0.39 is 0 Å². The third kappa shape index (κ3) is 7.38. The summed E-state index contributed by atoms with van der Waals surface area (Å²) in [5, 5.41) is 6.97. The summed E-state index contributed by atoms with van der Waals surface area (Å²) in [6, 6.07) is 0. The summed E-state index contributed by atoms with van der Waals surface area (Å²) in [5.41, 5.74) is 0. The Kier molecular flexibility index (Phi) is 10.2. The number of guanidine groups is 1. The maximum atomic E-state index is 4.84. The van der Waals surface area contributed by atoms with Crippen LogP contribution in [-0.2, 0) is 0 Å². The van der Waals surface area contributed by atoms with E-state index in [9.17, 15) is 0 Å². The largest absolute Gasteiger partial charge is 0.357 e. The summed E-state index contributed by atoms with van der Waals surface area (Å²) in [5.74, 6) is 3.07. The van der Waals surface area contributed by atoms with Crippen LogP contribution in [0, 0.1) is 5.92 Å². The third-order valence-electron chi connectivity index (χ3n) is 4.68. The lowest BCUT2D eigenvalue weighted by Crippen LogP contribution is -2.41. The van der Waals surface area contributed by atoms with Crippen LogP contribution in [0.4, 0.5) is 0 Å². The van der Waals surface area contributed by atoms with E-state index in [1.54, 1.807) is 0 Å². The molecular formula is C17H35IN4S. The normalized spacial score (nSPS) is 28.7. The molecule has 0 amide bonds. The lowest BCUT2D eigenvalue weighted by molar-refractivity contribution is 0.324. The van der Waals surface area contributed by atoms with Gasteiger partial charge in [0.2, 0.25) is 0 Å². The van der Waals surface area contributed by atoms with Crippen LogP contribution < -0.4 is 10.6 Å². The molecule has 2 fully saturated rings. The van der Waals surface area contributed by atoms with Crippen molar-refractivity contribution in [3.8, 4) is 0 Å². The summed E-state index contributed by atoms with van der Waals surface area (Å²) in [4.78, 5) is 7.43. The molecule has 2 atom stereocenters. The van der Waals surface area contributed by atoms with Gasteiger partial charge in [-0.2, -0.15) is 11.8 Å². The Morgan fingerprint density at radius 2 is 2.17 bits per heavy atom. The molecule has 136 valence electrons. The van der Waals surface area contributed by atoms with Crippen molar-refractivity contribution in [2.75, 3.05) is 45.0 Å². The van der Waals surface area contributed by atoms with Crippen molar-refractivity contribution in [3.05, 3.63) is 0 Å². The zero-order valence-corrected chi connectivity index (χ0v) is 18.2. The summed E-state index contributed by atoms with van der Waals surface area (Å²) in [7, 11) is 0. The summed E-state index contributed by atoms with van der Waals surface area (Å²) in [6.07, 6.45) is 5.23. The predicted molar refractivity (Wildman–Crippen MR) is 114 cm³/mol. The predicted octanol–water partition coefficient (Wildman–Crippen LogP) is 3.18. The quantitative estimate of drug-likeness (QED) is 0.352. The minimum absolute atomic E-state index is 0. The van der Waals surface area contributed by atoms with Crippen molar-refractivity contribution in [1.29, 1.82) is 0 Å². The smallest absolute Gasteiger partial charge is 0.191 e. The minimum atomic E-state index is 0. The van der Waals surface area contributed by atoms with Gasteiger partial charge in [0, 0.05) is 24.4 Å². The lowest BCUT2D eigenvalue weighted by atomic mass is 10.1. The molecule has 0 bridgehead atoms. The molecule has 2 saturated heterocycles. The van der Waals surface area contributed by atoms with Crippen LogP contribution >= 0.6 is 35.7 Å². The molecule has 0 aromatic heterocycles. The van der Waals surface area contributed by atoms with Gasteiger partial charge in [0.25, 0.3) is 0 Å². The van der Waals surface area contributed by atoms with Gasteiger partial charge < -0.3 is 15.5 Å². The second-order valence-electron chi connectivity index (χ2n) is 6.93. The van der Waals surface area contributed by atoms with E-state index in [4.69, 9.17) is 4.99 Å². The van der Waals surface area contributed by atoms with Crippen molar-refractivity contribution in [2.45, 2.75) is 51.2 Å². The Labute approximate surface area is 164 Å². The monoisotopic (exact) mass is 454 g/mol. The van der Waals surface area contributed by atoms with Gasteiger partial charge in [-0.05, 0) is 64.3 Å². The number of nitrogens with zero attached hydrogens (tertiary/aromatic N) is 2. The van der Waals surface area contributed by atoms with Crippen molar-refractivity contribution in [1.82, 2.24) is 15.5 Å². The van der Waals surface area contributed by atoms with Crippen LogP contribution in [0.25, 0.3) is 0 Å². The molecule has 23 heavy (non-hydrogen) atoms. The molecule has 2 N–H and O–H groups in total. The number of hydrogen-bond donors (Lipinski definition) is 2. The van der Waals surface area contributed by atoms with Gasteiger partial charge >= 0.3 is 0 Å². The molecule has 2 aliphatic heterocycles. The molecule has 2 unspecified atom stereocenters. The van der Waals surface area contributed by atoms with Crippen LogP contribution in [-0.4, -0.2) is 60.6 Å². The number of likely N-dealkylation sites (tertiary alicyclic amines) is 1. The number of hydrogen-bond acceptors (Lipinski definition) is 3. The van der Waals surface area contributed by atoms with Gasteiger partial charge in [-0.25, -0.2) is 0 Å². The number of aliphatic imine (C=N–C) groups is 1. The number of rotatable bonds is 7. The standard InChI is InChI=1S/C17H34N4S.HI/c1-4-9-21-10-7-15(13-21)12-19-16(18-5-2)20-14-17(3)8-6-11-22-17;/h15H,4-14H2,1-3H3,(H2,18,19,20);1H. The highest BCUT2D eigenvalue weighted by Gasteiger charge is 2.29. The minimum Gasteiger partial charge on any atom is -0.357 e. The molecule has 6 heteroatoms. The Hall–Kier alpha value is 0.310. The SMILES string of the molecule is CCCN1CCC(CNC(=NCC2(C)CCCS2)NCC)C1.I. The van der Waals surface area contributed by atoms with Crippen LogP contribution in [0.5, 0.6) is 0 Å². The van der Waals surface area contributed by atoms with Gasteiger partial charge in [-0.3, -0.25) is 4.99 Å². The summed E-state index contributed by atoms with van der Waals surface area (Å²) < 4.78 is 0.355. The molecule has 0 aromatic rings. The molecular weight excluding hydrogens is 419 g/mol. The molecule has 0 aromatic carbocycles. The highest BCUT2D eigenvalue weighted by Crippen LogP contribution is 2.37. The maximum absolute atomic E-state index is 4.84. The summed E-state index contributed by atoms with van der Waals surface area (Å²) >= 11 is 2.08. The zero-order valence-electron chi connectivity index (χ0n) is 15.1. The fraction of sp³-hybridized carbons (Fsp3) is 0.941. The molecule has 4 nitrogen and oxygen atoms in total. The average Bonchev–Trinajstić information content (AvgIpc) is 3.12. The molecule has 2 heterocycles. The first-order valence-corrected chi connectivity index (χ1v) is 10.0. The lowest BCUT2D eigenvalue weighted by Gasteiger charge is -2.21. The van der Waals surface area contributed by atoms with E-state index in [1.165, 1.54) is 51.1 Å². The van der Waals surface area contributed by atoms with E-state index in [-0.39, 0.29) is 24.0 Å². The van der Waals surface area contributed by atoms with Crippen LogP contribution in [0.3, 0.4) is 0 Å². The second-order valence-corrected chi connectivity index (χ2v) is 8.62. The van der Waals surface area contributed by atoms with E-state index in [1.807, 2.05) is 0 Å². The second kappa shape index (κ2) is 11.0. The summed E-state index contributed by atoms with van der Waals surface area (Å²) in [6.45, 7) is 13.4. The van der Waals surface area contributed by atoms with Crippen molar-refractivity contribution in [3.63, 3.8) is 0 Å². The fourth-order valence-electron chi connectivity index (χ4n) is 3.39. The van der Waals surface area contributed by atoms with E-state index in [2.05, 4.69) is 48.1 Å². The fourth-order valence-corrected chi connectivity index (χ4v) is 4.62. The van der Waals surface area contributed by atoms with E-state index in [0.29, 0.717) is 4.75 Å². The Morgan fingerprint density at radius 1 is 1.35 bits per heavy atom. The number of nitrogens with one attached hydrogen (secondary N) is 2. The molecule has 0 radical (unpaired) electrons. The average molecular weight is 454 g/mol. The first-order chi connectivity index (χ1) is 10.6. The third-order valence-corrected chi connectivity index (χ3v) is 6.21. The van der Waals surface area contributed by atoms with Crippen molar-refractivity contribution >= 4 is 41.7 Å². The Morgan fingerprint density at radius 3 is 2.83 bits per heavy atom. The molecule has 0 saturated carbocycles. The van der Waals surface area contributed by atoms with Crippen LogP contribution in [0.15, 0.2) is 4.99 Å². The first kappa shape index (κ1) is 21.4. The maximum Gasteiger partial charge on any atom is 0.191 e. The van der Waals surface area contributed by atoms with E-state index >= 15 is 0 Å². The van der Waals surface area contributed by atoms with Gasteiger partial charge in [-0.15, -0.1) is 24.0 Å². The van der Waals surface area contributed by atoms with Gasteiger partial charge in [0.05, 0.1) is 6.54 Å². The van der Waals surface area contributed by atoms with Crippen molar-refractivity contribution < 1.29 is 0 Å². The number of halogens is 1. The molecule has 0 spiro atoms. The van der Waals surface area contributed by atoms with E-state index in [0.717, 1.165) is 31.5 Å². The van der Waals surface area contributed by atoms with Crippen LogP contribution in [0.2, 0.25) is 0 Å². The Balaban J connectivity index is 0.00000264. The molecule has 2 aliphatic rings. The highest BCUT2D eigenvalue weighted by molar-refractivity contribution is 14.0. The van der Waals surface area contributed by atoms with Gasteiger partial charge in [-0.1, -0.05) is 6.92 Å². The van der Waals surface area contributed by atoms with Crippen LogP contribution in [0.1, 0.15) is 46.5 Å². The zero-order chi connectivity index (χ0) is 15.8. The Bertz CT molecular complexity index is 359. The van der Waals surface area contributed by atoms with Gasteiger partial charge in [0.1, 0.15) is 0 Å². The molecule has 0 aliphatic carbocycles. The highest BCUT2D eigenvalue weighted by atomic mass is 127. The van der Waals surface area contributed by atoms with Crippen molar-refractivity contribution in [2.24, 2.45) is 10.9 Å². The topological polar surface area (TPSA) is 39.7 Å². The first-order valence-electron chi connectivity index (χ1n) is 9.03. The molecule has 2 rings (SSSR count).